The van der Waals surface area contributed by atoms with Crippen molar-refractivity contribution >= 4 is 23.4 Å². The number of fused-ring (bicyclic) bond motifs is 1. The minimum Gasteiger partial charge on any atom is -0.376 e. The number of hydrogen-bond acceptors (Lipinski definition) is 4. The van der Waals surface area contributed by atoms with Crippen LogP contribution >= 0.6 is 0 Å². The molecule has 6 nitrogen and oxygen atoms in total. The minimum atomic E-state index is -0.408. The Bertz CT molecular complexity index is 932. The monoisotopic (exact) mass is 364 g/mol. The number of hydrogen-bond donors (Lipinski definition) is 1. The maximum absolute atomic E-state index is 12.8. The Balaban J connectivity index is 1.56. The van der Waals surface area contributed by atoms with Crippen LogP contribution in [-0.4, -0.2) is 37.0 Å². The molecule has 2 aromatic rings. The van der Waals surface area contributed by atoms with Crippen molar-refractivity contribution in [3.63, 3.8) is 0 Å². The Kier molecular flexibility index (Phi) is 4.49. The molecular weight excluding hydrogens is 344 g/mol. The smallest absolute Gasteiger partial charge is 0.266 e. The van der Waals surface area contributed by atoms with E-state index in [0.29, 0.717) is 23.4 Å². The number of ether oxygens (including phenoxy) is 1. The van der Waals surface area contributed by atoms with E-state index in [1.54, 1.807) is 30.3 Å². The van der Waals surface area contributed by atoms with Crippen LogP contribution in [0.2, 0.25) is 0 Å². The first-order valence-corrected chi connectivity index (χ1v) is 9.04. The first kappa shape index (κ1) is 17.4. The molecule has 0 radical (unpaired) electrons. The van der Waals surface area contributed by atoms with Crippen LogP contribution in [0.15, 0.2) is 42.5 Å². The third kappa shape index (κ3) is 3.24. The SMILES string of the molecule is Cc1cccc(N2C(=O)c3ccc(C(=O)NCC4CCCO4)cc3C2=O)c1. The van der Waals surface area contributed by atoms with Crippen molar-refractivity contribution in [3.05, 3.63) is 64.7 Å². The van der Waals surface area contributed by atoms with Crippen molar-refractivity contribution in [3.8, 4) is 0 Å². The van der Waals surface area contributed by atoms with Gasteiger partial charge in [0.05, 0.1) is 22.9 Å². The Morgan fingerprint density at radius 2 is 1.96 bits per heavy atom. The summed E-state index contributed by atoms with van der Waals surface area (Å²) in [6.07, 6.45) is 1.98. The molecular formula is C21H20N2O4. The van der Waals surface area contributed by atoms with Crippen LogP contribution in [0.25, 0.3) is 0 Å². The fourth-order valence-electron chi connectivity index (χ4n) is 3.50. The molecule has 0 saturated carbocycles. The molecule has 2 aromatic carbocycles. The third-order valence-corrected chi connectivity index (χ3v) is 4.92. The summed E-state index contributed by atoms with van der Waals surface area (Å²) in [5, 5.41) is 2.83. The van der Waals surface area contributed by atoms with Gasteiger partial charge in [-0.1, -0.05) is 12.1 Å². The summed E-state index contributed by atoms with van der Waals surface area (Å²) in [6, 6.07) is 11.8. The van der Waals surface area contributed by atoms with Crippen LogP contribution in [-0.2, 0) is 4.74 Å². The molecule has 1 saturated heterocycles. The molecule has 138 valence electrons. The van der Waals surface area contributed by atoms with E-state index in [9.17, 15) is 14.4 Å². The fourth-order valence-corrected chi connectivity index (χ4v) is 3.50. The zero-order valence-corrected chi connectivity index (χ0v) is 15.0. The highest BCUT2D eigenvalue weighted by molar-refractivity contribution is 6.34. The van der Waals surface area contributed by atoms with Crippen LogP contribution in [0.1, 0.15) is 49.5 Å². The van der Waals surface area contributed by atoms with Crippen molar-refractivity contribution in [2.45, 2.75) is 25.9 Å². The largest absolute Gasteiger partial charge is 0.376 e. The van der Waals surface area contributed by atoms with Gasteiger partial charge < -0.3 is 10.1 Å². The van der Waals surface area contributed by atoms with Crippen molar-refractivity contribution in [1.29, 1.82) is 0 Å². The average Bonchev–Trinajstić information content (AvgIpc) is 3.27. The van der Waals surface area contributed by atoms with E-state index >= 15 is 0 Å². The van der Waals surface area contributed by atoms with Gasteiger partial charge in [0.15, 0.2) is 0 Å². The second-order valence-corrected chi connectivity index (χ2v) is 6.89. The highest BCUT2D eigenvalue weighted by Crippen LogP contribution is 2.29. The third-order valence-electron chi connectivity index (χ3n) is 4.92. The van der Waals surface area contributed by atoms with Gasteiger partial charge in [-0.2, -0.15) is 0 Å². The number of benzene rings is 2. The Hall–Kier alpha value is -2.99. The zero-order chi connectivity index (χ0) is 19.0. The van der Waals surface area contributed by atoms with Gasteiger partial charge in [0, 0.05) is 18.7 Å². The molecule has 1 unspecified atom stereocenters. The average molecular weight is 364 g/mol. The number of anilines is 1. The second-order valence-electron chi connectivity index (χ2n) is 6.89. The van der Waals surface area contributed by atoms with E-state index in [2.05, 4.69) is 5.32 Å². The summed E-state index contributed by atoms with van der Waals surface area (Å²) in [6.45, 7) is 3.07. The van der Waals surface area contributed by atoms with Crippen LogP contribution in [0.4, 0.5) is 5.69 Å². The van der Waals surface area contributed by atoms with Gasteiger partial charge in [0.25, 0.3) is 17.7 Å². The molecule has 0 spiro atoms. The van der Waals surface area contributed by atoms with Crippen molar-refractivity contribution < 1.29 is 19.1 Å². The van der Waals surface area contributed by atoms with E-state index in [1.165, 1.54) is 6.07 Å². The lowest BCUT2D eigenvalue weighted by Crippen LogP contribution is -2.31. The molecule has 1 fully saturated rings. The highest BCUT2D eigenvalue weighted by atomic mass is 16.5. The van der Waals surface area contributed by atoms with Crippen LogP contribution in [0, 0.1) is 6.92 Å². The number of rotatable bonds is 4. The topological polar surface area (TPSA) is 75.7 Å². The van der Waals surface area contributed by atoms with Crippen LogP contribution in [0.3, 0.4) is 0 Å². The molecule has 0 bridgehead atoms. The molecule has 1 atom stereocenters. The molecule has 2 aliphatic heterocycles. The van der Waals surface area contributed by atoms with Crippen LogP contribution in [0.5, 0.6) is 0 Å². The predicted molar refractivity (Wildman–Crippen MR) is 100 cm³/mol. The molecule has 4 rings (SSSR count). The van der Waals surface area contributed by atoms with Crippen LogP contribution < -0.4 is 10.2 Å². The first-order chi connectivity index (χ1) is 13.0. The molecule has 2 aliphatic rings. The summed E-state index contributed by atoms with van der Waals surface area (Å²) in [7, 11) is 0. The lowest BCUT2D eigenvalue weighted by atomic mass is 10.1. The standard InChI is InChI=1S/C21H20N2O4/c1-13-4-2-5-15(10-13)23-20(25)17-8-7-14(11-18(17)21(23)26)19(24)22-12-16-6-3-9-27-16/h2,4-5,7-8,10-11,16H,3,6,9,12H2,1H3,(H,22,24). The molecule has 0 aliphatic carbocycles. The highest BCUT2D eigenvalue weighted by Gasteiger charge is 2.37. The fraction of sp³-hybridized carbons (Fsp3) is 0.286. The van der Waals surface area contributed by atoms with E-state index in [-0.39, 0.29) is 23.5 Å². The Morgan fingerprint density at radius 3 is 2.70 bits per heavy atom. The summed E-state index contributed by atoms with van der Waals surface area (Å²) in [4.78, 5) is 39.1. The number of carbonyl (C=O) groups excluding carboxylic acids is 3. The van der Waals surface area contributed by atoms with Gasteiger partial charge in [0.1, 0.15) is 0 Å². The van der Waals surface area contributed by atoms with Gasteiger partial charge in [-0.15, -0.1) is 0 Å². The number of nitrogens with zero attached hydrogens (tertiary/aromatic N) is 1. The van der Waals surface area contributed by atoms with Crippen molar-refractivity contribution in [2.75, 3.05) is 18.1 Å². The van der Waals surface area contributed by atoms with Gasteiger partial charge in [-0.3, -0.25) is 14.4 Å². The van der Waals surface area contributed by atoms with E-state index in [1.807, 2.05) is 13.0 Å². The van der Waals surface area contributed by atoms with E-state index in [0.717, 1.165) is 29.9 Å². The van der Waals surface area contributed by atoms with Crippen molar-refractivity contribution in [2.24, 2.45) is 0 Å². The quantitative estimate of drug-likeness (QED) is 0.847. The summed E-state index contributed by atoms with van der Waals surface area (Å²) in [5.74, 6) is -1.05. The Labute approximate surface area is 157 Å². The van der Waals surface area contributed by atoms with Crippen molar-refractivity contribution in [1.82, 2.24) is 5.32 Å². The normalized spacial score (nSPS) is 18.7. The van der Waals surface area contributed by atoms with E-state index < -0.39 is 5.91 Å². The number of aryl methyl sites for hydroxylation is 1. The van der Waals surface area contributed by atoms with Gasteiger partial charge >= 0.3 is 0 Å². The molecule has 1 N–H and O–H groups in total. The summed E-state index contributed by atoms with van der Waals surface area (Å²) < 4.78 is 5.50. The van der Waals surface area contributed by atoms with Gasteiger partial charge in [0.2, 0.25) is 0 Å². The van der Waals surface area contributed by atoms with E-state index in [4.69, 9.17) is 4.74 Å². The minimum absolute atomic E-state index is 0.0448. The summed E-state index contributed by atoms with van der Waals surface area (Å²) >= 11 is 0. The van der Waals surface area contributed by atoms with Gasteiger partial charge in [-0.05, 0) is 55.7 Å². The molecule has 0 aromatic heterocycles. The number of carbonyl (C=O) groups is 3. The number of imide groups is 1. The first-order valence-electron chi connectivity index (χ1n) is 9.04. The lowest BCUT2D eigenvalue weighted by molar-refractivity contribution is 0.0857. The Morgan fingerprint density at radius 1 is 1.15 bits per heavy atom. The molecule has 27 heavy (non-hydrogen) atoms. The number of amides is 3. The number of nitrogens with one attached hydrogen (secondary N) is 1. The maximum atomic E-state index is 12.8. The zero-order valence-electron chi connectivity index (χ0n) is 15.0. The lowest BCUT2D eigenvalue weighted by Gasteiger charge is -2.14. The molecule has 6 heteroatoms. The summed E-state index contributed by atoms with van der Waals surface area (Å²) in [5.41, 5.74) is 2.42. The van der Waals surface area contributed by atoms with Gasteiger partial charge in [-0.25, -0.2) is 4.90 Å². The second kappa shape index (κ2) is 6.96. The molecule has 2 heterocycles. The molecule has 3 amide bonds. The maximum Gasteiger partial charge on any atom is 0.266 e. The predicted octanol–water partition coefficient (Wildman–Crippen LogP) is 2.70.